The Bertz CT molecular complexity index is 727. The van der Waals surface area contributed by atoms with E-state index in [4.69, 9.17) is 16.3 Å². The third-order valence-corrected chi connectivity index (χ3v) is 5.04. The molecule has 2 aliphatic heterocycles. The smallest absolute Gasteiger partial charge is 0.261 e. The number of aliphatic hydroxyl groups is 1. The first-order valence-electron chi connectivity index (χ1n) is 7.81. The van der Waals surface area contributed by atoms with Gasteiger partial charge in [-0.2, -0.15) is 0 Å². The van der Waals surface area contributed by atoms with Gasteiger partial charge in [0.25, 0.3) is 11.8 Å². The summed E-state index contributed by atoms with van der Waals surface area (Å²) >= 11 is 6.16. The number of nitrogens with zero attached hydrogens (tertiary/aromatic N) is 1. The van der Waals surface area contributed by atoms with E-state index in [1.54, 1.807) is 12.1 Å². The summed E-state index contributed by atoms with van der Waals surface area (Å²) in [5.41, 5.74) is 2.56. The zero-order valence-electron chi connectivity index (χ0n) is 12.5. The molecule has 2 heterocycles. The molecule has 1 aliphatic carbocycles. The number of hydrogen-bond acceptors (Lipinski definition) is 4. The molecule has 0 aromatic heterocycles. The second kappa shape index (κ2) is 5.35. The van der Waals surface area contributed by atoms with Crippen molar-refractivity contribution in [1.82, 2.24) is 0 Å². The summed E-state index contributed by atoms with van der Waals surface area (Å²) < 4.78 is 5.63. The lowest BCUT2D eigenvalue weighted by atomic mass is 9.93. The fourth-order valence-electron chi connectivity index (χ4n) is 3.62. The predicted molar refractivity (Wildman–Crippen MR) is 84.6 cm³/mol. The van der Waals surface area contributed by atoms with Crippen molar-refractivity contribution >= 4 is 29.1 Å². The average molecular weight is 334 g/mol. The molecular formula is C17H16ClNO4. The molecule has 0 saturated heterocycles. The normalized spacial score (nSPS) is 23.2. The minimum absolute atomic E-state index is 0.138. The van der Waals surface area contributed by atoms with Crippen LogP contribution in [0.15, 0.2) is 23.3 Å². The minimum Gasteiger partial charge on any atom is -0.486 e. The van der Waals surface area contributed by atoms with Gasteiger partial charge in [0.05, 0.1) is 17.3 Å². The van der Waals surface area contributed by atoms with E-state index >= 15 is 0 Å². The van der Waals surface area contributed by atoms with Crippen LogP contribution in [0, 0.1) is 0 Å². The van der Waals surface area contributed by atoms with Crippen LogP contribution in [-0.4, -0.2) is 29.6 Å². The molecule has 0 spiro atoms. The summed E-state index contributed by atoms with van der Waals surface area (Å²) in [5, 5.41) is 9.76. The zero-order chi connectivity index (χ0) is 16.1. The van der Waals surface area contributed by atoms with Crippen molar-refractivity contribution in [3.8, 4) is 5.75 Å². The van der Waals surface area contributed by atoms with E-state index in [1.165, 1.54) is 4.90 Å². The second-order valence-corrected chi connectivity index (χ2v) is 6.52. The maximum absolute atomic E-state index is 12.7. The second-order valence-electron chi connectivity index (χ2n) is 6.11. The first-order valence-corrected chi connectivity index (χ1v) is 8.19. The Hall–Kier alpha value is -1.85. The quantitative estimate of drug-likeness (QED) is 0.844. The molecule has 1 unspecified atom stereocenters. The van der Waals surface area contributed by atoms with Crippen LogP contribution in [0.4, 0.5) is 5.69 Å². The monoisotopic (exact) mass is 333 g/mol. The van der Waals surface area contributed by atoms with Crippen LogP contribution < -0.4 is 9.64 Å². The number of carbonyl (C=O) groups is 2. The SMILES string of the molecule is O=C1C2=C(CCCC2)C(=O)N1c1ccc(Cl)c2c1CC(CO)O2. The fourth-order valence-corrected chi connectivity index (χ4v) is 3.84. The highest BCUT2D eigenvalue weighted by Gasteiger charge is 2.42. The number of benzene rings is 1. The molecule has 120 valence electrons. The number of ether oxygens (including phenoxy) is 1. The van der Waals surface area contributed by atoms with Gasteiger partial charge in [0.15, 0.2) is 0 Å². The van der Waals surface area contributed by atoms with E-state index in [9.17, 15) is 14.7 Å². The van der Waals surface area contributed by atoms with Crippen molar-refractivity contribution in [2.75, 3.05) is 11.5 Å². The molecular weight excluding hydrogens is 318 g/mol. The predicted octanol–water partition coefficient (Wildman–Crippen LogP) is 2.38. The highest BCUT2D eigenvalue weighted by Crippen LogP contribution is 2.44. The Morgan fingerprint density at radius 3 is 2.43 bits per heavy atom. The van der Waals surface area contributed by atoms with E-state index in [0.29, 0.717) is 46.9 Å². The van der Waals surface area contributed by atoms with Crippen LogP contribution in [-0.2, 0) is 16.0 Å². The van der Waals surface area contributed by atoms with Crippen LogP contribution in [0.1, 0.15) is 31.2 Å². The maximum atomic E-state index is 12.7. The van der Waals surface area contributed by atoms with Gasteiger partial charge in [-0.3, -0.25) is 9.59 Å². The van der Waals surface area contributed by atoms with E-state index in [2.05, 4.69) is 0 Å². The third-order valence-electron chi connectivity index (χ3n) is 4.74. The number of rotatable bonds is 2. The number of carbonyl (C=O) groups excluding carboxylic acids is 2. The molecule has 4 rings (SSSR count). The number of fused-ring (bicyclic) bond motifs is 1. The lowest BCUT2D eigenvalue weighted by Gasteiger charge is -2.18. The summed E-state index contributed by atoms with van der Waals surface area (Å²) in [6.45, 7) is -0.138. The molecule has 1 atom stereocenters. The maximum Gasteiger partial charge on any atom is 0.261 e. The molecule has 0 bridgehead atoms. The van der Waals surface area contributed by atoms with Crippen molar-refractivity contribution < 1.29 is 19.4 Å². The van der Waals surface area contributed by atoms with Crippen LogP contribution in [0.5, 0.6) is 5.75 Å². The van der Waals surface area contributed by atoms with Crippen LogP contribution in [0.2, 0.25) is 5.02 Å². The summed E-state index contributed by atoms with van der Waals surface area (Å²) in [5.74, 6) is 0.0250. The van der Waals surface area contributed by atoms with Gasteiger partial charge in [-0.1, -0.05) is 11.6 Å². The van der Waals surface area contributed by atoms with Crippen molar-refractivity contribution in [2.45, 2.75) is 38.2 Å². The largest absolute Gasteiger partial charge is 0.486 e. The highest BCUT2D eigenvalue weighted by atomic mass is 35.5. The molecule has 23 heavy (non-hydrogen) atoms. The lowest BCUT2D eigenvalue weighted by Crippen LogP contribution is -2.32. The lowest BCUT2D eigenvalue weighted by molar-refractivity contribution is -0.120. The number of imide groups is 1. The Morgan fingerprint density at radius 2 is 1.83 bits per heavy atom. The molecule has 1 N–H and O–H groups in total. The highest BCUT2D eigenvalue weighted by molar-refractivity contribution is 6.34. The van der Waals surface area contributed by atoms with Gasteiger partial charge in [0, 0.05) is 23.1 Å². The van der Waals surface area contributed by atoms with Crippen LogP contribution in [0.25, 0.3) is 0 Å². The number of amides is 2. The molecule has 1 aromatic carbocycles. The molecule has 3 aliphatic rings. The molecule has 1 aromatic rings. The van der Waals surface area contributed by atoms with E-state index in [-0.39, 0.29) is 24.5 Å². The molecule has 2 amide bonds. The summed E-state index contributed by atoms with van der Waals surface area (Å²) in [7, 11) is 0. The summed E-state index contributed by atoms with van der Waals surface area (Å²) in [6, 6.07) is 3.33. The van der Waals surface area contributed by atoms with Gasteiger partial charge in [-0.05, 0) is 37.8 Å². The Balaban J connectivity index is 1.78. The van der Waals surface area contributed by atoms with Crippen molar-refractivity contribution in [3.05, 3.63) is 33.9 Å². The standard InChI is InChI=1S/C17H16ClNO4/c18-13-5-6-14(12-7-9(8-20)23-15(12)13)19-16(21)10-3-1-2-4-11(10)17(19)22/h5-6,9,20H,1-4,7-8H2. The van der Waals surface area contributed by atoms with E-state index < -0.39 is 0 Å². The van der Waals surface area contributed by atoms with Crippen molar-refractivity contribution in [3.63, 3.8) is 0 Å². The molecule has 6 heteroatoms. The average Bonchev–Trinajstić information content (AvgIpc) is 3.11. The third kappa shape index (κ3) is 2.11. The van der Waals surface area contributed by atoms with Gasteiger partial charge in [-0.25, -0.2) is 4.90 Å². The van der Waals surface area contributed by atoms with E-state index in [1.807, 2.05) is 0 Å². The molecule has 0 saturated carbocycles. The van der Waals surface area contributed by atoms with Gasteiger partial charge in [0.1, 0.15) is 11.9 Å². The summed E-state index contributed by atoms with van der Waals surface area (Å²) in [6.07, 6.45) is 3.27. The fraction of sp³-hybridized carbons (Fsp3) is 0.412. The molecule has 0 radical (unpaired) electrons. The van der Waals surface area contributed by atoms with Gasteiger partial charge in [0.2, 0.25) is 0 Å². The van der Waals surface area contributed by atoms with E-state index in [0.717, 1.165) is 18.4 Å². The number of halogens is 1. The topological polar surface area (TPSA) is 66.8 Å². The van der Waals surface area contributed by atoms with Crippen LogP contribution >= 0.6 is 11.6 Å². The Kier molecular flexibility index (Phi) is 3.43. The zero-order valence-corrected chi connectivity index (χ0v) is 13.2. The molecule has 5 nitrogen and oxygen atoms in total. The van der Waals surface area contributed by atoms with Crippen molar-refractivity contribution in [2.24, 2.45) is 0 Å². The number of hydrogen-bond donors (Lipinski definition) is 1. The van der Waals surface area contributed by atoms with Gasteiger partial charge < -0.3 is 9.84 Å². The summed E-state index contributed by atoms with van der Waals surface area (Å²) in [4.78, 5) is 26.7. The minimum atomic E-state index is -0.390. The Morgan fingerprint density at radius 1 is 1.17 bits per heavy atom. The van der Waals surface area contributed by atoms with Gasteiger partial charge in [-0.15, -0.1) is 0 Å². The molecule has 0 fully saturated rings. The van der Waals surface area contributed by atoms with Crippen LogP contribution in [0.3, 0.4) is 0 Å². The van der Waals surface area contributed by atoms with Crippen molar-refractivity contribution in [1.29, 1.82) is 0 Å². The number of anilines is 1. The number of aliphatic hydroxyl groups excluding tert-OH is 1. The van der Waals surface area contributed by atoms with Gasteiger partial charge >= 0.3 is 0 Å². The first-order chi connectivity index (χ1) is 11.1. The first kappa shape index (κ1) is 14.7. The Labute approximate surface area is 138 Å².